The van der Waals surface area contributed by atoms with Gasteiger partial charge in [0.2, 0.25) is 0 Å². The normalized spacial score (nSPS) is 29.8. The highest BCUT2D eigenvalue weighted by atomic mass is 16.6. The molecular weight excluding hydrogens is 252 g/mol. The van der Waals surface area contributed by atoms with Crippen molar-refractivity contribution in [2.24, 2.45) is 0 Å². The zero-order valence-electron chi connectivity index (χ0n) is 11.2. The molecule has 108 valence electrons. The second-order valence-corrected chi connectivity index (χ2v) is 3.99. The Balaban J connectivity index is 0.000000861. The van der Waals surface area contributed by atoms with Gasteiger partial charge < -0.3 is 20.1 Å². The summed E-state index contributed by atoms with van der Waals surface area (Å²) in [6.07, 6.45) is -2.98. The van der Waals surface area contributed by atoms with E-state index in [1.807, 2.05) is 13.8 Å². The molecule has 0 aliphatic carbocycles. The number of nitrogens with zero attached hydrogens (tertiary/aromatic N) is 2. The van der Waals surface area contributed by atoms with E-state index in [9.17, 15) is 15.0 Å². The van der Waals surface area contributed by atoms with Crippen molar-refractivity contribution in [3.8, 4) is 0 Å². The molecule has 1 aliphatic rings. The van der Waals surface area contributed by atoms with Gasteiger partial charge in [-0.3, -0.25) is 4.57 Å². The molecule has 0 amide bonds. The quantitative estimate of drug-likeness (QED) is 0.650. The van der Waals surface area contributed by atoms with E-state index in [-0.39, 0.29) is 0 Å². The molecule has 7 nitrogen and oxygen atoms in total. The van der Waals surface area contributed by atoms with Gasteiger partial charge in [-0.2, -0.15) is 4.98 Å². The van der Waals surface area contributed by atoms with Gasteiger partial charge in [-0.1, -0.05) is 13.8 Å². The van der Waals surface area contributed by atoms with Crippen LogP contribution in [0.4, 0.5) is 0 Å². The van der Waals surface area contributed by atoms with Crippen molar-refractivity contribution in [1.29, 1.82) is 0 Å². The smallest absolute Gasteiger partial charge is 0.349 e. The molecule has 1 aromatic heterocycles. The predicted molar refractivity (Wildman–Crippen MR) is 67.6 cm³/mol. The highest BCUT2D eigenvalue weighted by Crippen LogP contribution is 2.27. The lowest BCUT2D eigenvalue weighted by atomic mass is 10.1. The lowest BCUT2D eigenvalue weighted by molar-refractivity contribution is -0.0550. The molecule has 0 saturated carbocycles. The third-order valence-electron chi connectivity index (χ3n) is 2.76. The summed E-state index contributed by atoms with van der Waals surface area (Å²) in [5, 5.41) is 28.2. The Morgan fingerprint density at radius 2 is 2.00 bits per heavy atom. The van der Waals surface area contributed by atoms with E-state index in [1.54, 1.807) is 13.0 Å². The summed E-state index contributed by atoms with van der Waals surface area (Å²) in [6, 6.07) is 1.59. The molecule has 3 N–H and O–H groups in total. The minimum atomic E-state index is -1.27. The number of ether oxygens (including phenoxy) is 1. The number of aromatic nitrogens is 2. The van der Waals surface area contributed by atoms with Gasteiger partial charge in [0.1, 0.15) is 18.3 Å². The first kappa shape index (κ1) is 15.8. The van der Waals surface area contributed by atoms with Gasteiger partial charge in [0, 0.05) is 11.9 Å². The number of aliphatic hydroxyl groups is 3. The van der Waals surface area contributed by atoms with E-state index < -0.39 is 36.8 Å². The lowest BCUT2D eigenvalue weighted by Gasteiger charge is -2.16. The van der Waals surface area contributed by atoms with E-state index in [2.05, 4.69) is 4.98 Å². The minimum Gasteiger partial charge on any atom is -0.394 e. The van der Waals surface area contributed by atoms with Crippen molar-refractivity contribution in [2.45, 2.75) is 45.3 Å². The summed E-state index contributed by atoms with van der Waals surface area (Å²) in [4.78, 5) is 15.3. The summed E-state index contributed by atoms with van der Waals surface area (Å²) in [5.74, 6) is 0. The number of aryl methyl sites for hydroxylation is 1. The summed E-state index contributed by atoms with van der Waals surface area (Å²) in [7, 11) is 0. The fourth-order valence-corrected chi connectivity index (χ4v) is 1.80. The van der Waals surface area contributed by atoms with E-state index >= 15 is 0 Å². The third kappa shape index (κ3) is 3.19. The topological polar surface area (TPSA) is 105 Å². The highest BCUT2D eigenvalue weighted by Gasteiger charge is 2.43. The first-order valence-corrected chi connectivity index (χ1v) is 6.23. The summed E-state index contributed by atoms with van der Waals surface area (Å²) < 4.78 is 6.31. The van der Waals surface area contributed by atoms with Gasteiger partial charge >= 0.3 is 5.69 Å². The molecule has 0 radical (unpaired) electrons. The van der Waals surface area contributed by atoms with E-state index in [0.29, 0.717) is 5.69 Å². The molecule has 4 unspecified atom stereocenters. The van der Waals surface area contributed by atoms with Crippen LogP contribution in [0.15, 0.2) is 17.1 Å². The molecule has 4 atom stereocenters. The molecule has 7 heteroatoms. The van der Waals surface area contributed by atoms with Crippen LogP contribution in [0.2, 0.25) is 0 Å². The second-order valence-electron chi connectivity index (χ2n) is 3.99. The summed E-state index contributed by atoms with van der Waals surface area (Å²) in [6.45, 7) is 5.24. The Morgan fingerprint density at radius 3 is 2.47 bits per heavy atom. The van der Waals surface area contributed by atoms with Crippen LogP contribution >= 0.6 is 0 Å². The predicted octanol–water partition coefficient (Wildman–Crippen LogP) is -0.811. The zero-order valence-corrected chi connectivity index (χ0v) is 11.2. The van der Waals surface area contributed by atoms with Crippen LogP contribution in [0.25, 0.3) is 0 Å². The molecule has 1 aliphatic heterocycles. The van der Waals surface area contributed by atoms with Crippen LogP contribution in [0.5, 0.6) is 0 Å². The Kier molecular flexibility index (Phi) is 5.61. The second kappa shape index (κ2) is 6.76. The van der Waals surface area contributed by atoms with Crippen LogP contribution in [0.3, 0.4) is 0 Å². The molecule has 0 aromatic carbocycles. The van der Waals surface area contributed by atoms with Gasteiger partial charge in [0.25, 0.3) is 0 Å². The molecular formula is C12H20N2O5. The van der Waals surface area contributed by atoms with Crippen LogP contribution in [0.1, 0.15) is 25.8 Å². The minimum absolute atomic E-state index is 0.428. The lowest BCUT2D eigenvalue weighted by Crippen LogP contribution is -2.36. The summed E-state index contributed by atoms with van der Waals surface area (Å²) >= 11 is 0. The monoisotopic (exact) mass is 272 g/mol. The van der Waals surface area contributed by atoms with Gasteiger partial charge in [-0.25, -0.2) is 4.79 Å². The van der Waals surface area contributed by atoms with Crippen molar-refractivity contribution in [3.05, 3.63) is 28.4 Å². The summed E-state index contributed by atoms with van der Waals surface area (Å²) in [5.41, 5.74) is -0.0159. The Morgan fingerprint density at radius 1 is 1.37 bits per heavy atom. The Labute approximate surface area is 111 Å². The van der Waals surface area contributed by atoms with Gasteiger partial charge in [0.05, 0.1) is 6.61 Å². The van der Waals surface area contributed by atoms with E-state index in [1.165, 1.54) is 6.20 Å². The van der Waals surface area contributed by atoms with E-state index in [0.717, 1.165) is 4.57 Å². The van der Waals surface area contributed by atoms with E-state index in [4.69, 9.17) is 9.84 Å². The van der Waals surface area contributed by atoms with Crippen molar-refractivity contribution < 1.29 is 20.1 Å². The molecule has 2 rings (SSSR count). The largest absolute Gasteiger partial charge is 0.394 e. The number of hydrogen-bond donors (Lipinski definition) is 3. The van der Waals surface area contributed by atoms with Crippen LogP contribution in [-0.4, -0.2) is 49.8 Å². The fraction of sp³-hybridized carbons (Fsp3) is 0.667. The molecule has 19 heavy (non-hydrogen) atoms. The Hall–Kier alpha value is -1.28. The molecule has 1 aromatic rings. The number of hydrogen-bond acceptors (Lipinski definition) is 6. The van der Waals surface area contributed by atoms with Gasteiger partial charge in [0.15, 0.2) is 6.23 Å². The van der Waals surface area contributed by atoms with Crippen LogP contribution < -0.4 is 5.69 Å². The number of rotatable bonds is 2. The first-order chi connectivity index (χ1) is 9.04. The fourth-order valence-electron chi connectivity index (χ4n) is 1.80. The van der Waals surface area contributed by atoms with Crippen molar-refractivity contribution >= 4 is 0 Å². The maximum absolute atomic E-state index is 11.6. The molecule has 1 fully saturated rings. The van der Waals surface area contributed by atoms with Crippen molar-refractivity contribution in [2.75, 3.05) is 6.61 Å². The molecule has 0 spiro atoms. The maximum atomic E-state index is 11.6. The average molecular weight is 272 g/mol. The van der Waals surface area contributed by atoms with Gasteiger partial charge in [-0.15, -0.1) is 0 Å². The van der Waals surface area contributed by atoms with Crippen LogP contribution in [0, 0.1) is 6.92 Å². The first-order valence-electron chi connectivity index (χ1n) is 6.23. The Bertz CT molecular complexity index is 462. The SMILES string of the molecule is CC.Cc1ccn(C2OC(CO)C(O)C2O)c(=O)n1. The average Bonchev–Trinajstić information content (AvgIpc) is 2.69. The molecule has 0 bridgehead atoms. The van der Waals surface area contributed by atoms with Gasteiger partial charge in [-0.05, 0) is 13.0 Å². The maximum Gasteiger partial charge on any atom is 0.349 e. The van der Waals surface area contributed by atoms with Crippen LogP contribution in [-0.2, 0) is 4.74 Å². The number of aliphatic hydroxyl groups excluding tert-OH is 3. The van der Waals surface area contributed by atoms with Crippen molar-refractivity contribution in [1.82, 2.24) is 9.55 Å². The molecule has 1 saturated heterocycles. The zero-order chi connectivity index (χ0) is 14.6. The highest BCUT2D eigenvalue weighted by molar-refractivity contribution is 4.98. The third-order valence-corrected chi connectivity index (χ3v) is 2.76. The van der Waals surface area contributed by atoms with Crippen molar-refractivity contribution in [3.63, 3.8) is 0 Å². The standard InChI is InChI=1S/C10H14N2O5.C2H6/c1-5-2-3-12(10(16)11-5)9-8(15)7(14)6(4-13)17-9;1-2/h2-3,6-9,13-15H,4H2,1H3;1-2H3. The molecule has 2 heterocycles.